The Hall–Kier alpha value is -1.23. The summed E-state index contributed by atoms with van der Waals surface area (Å²) in [4.78, 5) is 1.46. The molecule has 5 heteroatoms. The van der Waals surface area contributed by atoms with Crippen molar-refractivity contribution >= 4 is 5.69 Å². The number of benzene rings is 1. The van der Waals surface area contributed by atoms with Gasteiger partial charge in [-0.25, -0.2) is 0 Å². The van der Waals surface area contributed by atoms with Gasteiger partial charge in [0.05, 0.1) is 0 Å². The monoisotopic (exact) mass is 286 g/mol. The smallest absolute Gasteiger partial charge is 0.361 e. The van der Waals surface area contributed by atoms with Gasteiger partial charge in [0.25, 0.3) is 0 Å². The first-order valence-electron chi connectivity index (χ1n) is 6.98. The zero-order valence-electron chi connectivity index (χ0n) is 11.9. The van der Waals surface area contributed by atoms with Crippen LogP contribution in [0.2, 0.25) is 0 Å². The summed E-state index contributed by atoms with van der Waals surface area (Å²) in [6.07, 6.45) is -3.30. The van der Waals surface area contributed by atoms with Crippen molar-refractivity contribution in [3.63, 3.8) is 0 Å². The van der Waals surface area contributed by atoms with Crippen molar-refractivity contribution in [1.82, 2.24) is 5.32 Å². The van der Waals surface area contributed by atoms with Gasteiger partial charge in [-0.3, -0.25) is 0 Å². The predicted molar refractivity (Wildman–Crippen MR) is 74.8 cm³/mol. The number of anilines is 1. The lowest BCUT2D eigenvalue weighted by Gasteiger charge is -2.29. The van der Waals surface area contributed by atoms with Gasteiger partial charge in [-0.2, -0.15) is 13.2 Å². The van der Waals surface area contributed by atoms with Crippen LogP contribution in [-0.4, -0.2) is 25.3 Å². The SMILES string of the molecule is CC(C)CC1CN(CC(F)(F)F)c2ccccc2CN1. The largest absolute Gasteiger partial charge is 0.405 e. The lowest BCUT2D eigenvalue weighted by molar-refractivity contribution is -0.119. The van der Waals surface area contributed by atoms with Gasteiger partial charge in [0, 0.05) is 24.8 Å². The summed E-state index contributed by atoms with van der Waals surface area (Å²) in [6.45, 7) is 4.32. The number of nitrogens with one attached hydrogen (secondary N) is 1. The standard InChI is InChI=1S/C15H21F3N2/c1-11(2)7-13-9-20(10-15(16,17)18)14-6-4-3-5-12(14)8-19-13/h3-6,11,13,19H,7-10H2,1-2H3. The molecule has 1 heterocycles. The van der Waals surface area contributed by atoms with E-state index in [1.807, 2.05) is 12.1 Å². The highest BCUT2D eigenvalue weighted by atomic mass is 19.4. The Morgan fingerprint density at radius 2 is 2.00 bits per heavy atom. The van der Waals surface area contributed by atoms with Gasteiger partial charge < -0.3 is 10.2 Å². The highest BCUT2D eigenvalue weighted by Gasteiger charge is 2.33. The van der Waals surface area contributed by atoms with E-state index >= 15 is 0 Å². The Morgan fingerprint density at radius 1 is 1.30 bits per heavy atom. The van der Waals surface area contributed by atoms with E-state index in [9.17, 15) is 13.2 Å². The van der Waals surface area contributed by atoms with Crippen LogP contribution in [0.4, 0.5) is 18.9 Å². The maximum atomic E-state index is 12.8. The Kier molecular flexibility index (Phi) is 4.58. The molecule has 1 N–H and O–H groups in total. The summed E-state index contributed by atoms with van der Waals surface area (Å²) in [5.74, 6) is 0.460. The minimum Gasteiger partial charge on any atom is -0.361 e. The van der Waals surface area contributed by atoms with E-state index in [0.29, 0.717) is 24.7 Å². The third-order valence-corrected chi connectivity index (χ3v) is 3.48. The van der Waals surface area contributed by atoms with E-state index in [2.05, 4.69) is 19.2 Å². The molecule has 1 aromatic rings. The Labute approximate surface area is 118 Å². The van der Waals surface area contributed by atoms with Gasteiger partial charge in [-0.15, -0.1) is 0 Å². The van der Waals surface area contributed by atoms with Crippen LogP contribution in [0.25, 0.3) is 0 Å². The fraction of sp³-hybridized carbons (Fsp3) is 0.600. The zero-order valence-corrected chi connectivity index (χ0v) is 11.9. The molecule has 0 fully saturated rings. The third-order valence-electron chi connectivity index (χ3n) is 3.48. The van der Waals surface area contributed by atoms with Gasteiger partial charge >= 0.3 is 6.18 Å². The number of nitrogens with zero attached hydrogens (tertiary/aromatic N) is 1. The molecule has 1 aliphatic rings. The van der Waals surface area contributed by atoms with Crippen LogP contribution in [-0.2, 0) is 6.54 Å². The predicted octanol–water partition coefficient (Wildman–Crippen LogP) is 3.57. The summed E-state index contributed by atoms with van der Waals surface area (Å²) < 4.78 is 38.4. The van der Waals surface area contributed by atoms with Crippen molar-refractivity contribution in [1.29, 1.82) is 0 Å². The number of hydrogen-bond acceptors (Lipinski definition) is 2. The minimum absolute atomic E-state index is 0.0877. The molecule has 0 aliphatic carbocycles. The highest BCUT2D eigenvalue weighted by Crippen LogP contribution is 2.28. The zero-order chi connectivity index (χ0) is 14.8. The molecular weight excluding hydrogens is 265 g/mol. The second-order valence-electron chi connectivity index (χ2n) is 5.83. The van der Waals surface area contributed by atoms with Crippen LogP contribution < -0.4 is 10.2 Å². The molecule has 0 bridgehead atoms. The maximum absolute atomic E-state index is 12.8. The van der Waals surface area contributed by atoms with E-state index in [1.165, 1.54) is 4.90 Å². The first kappa shape index (κ1) is 15.2. The molecule has 0 saturated heterocycles. The van der Waals surface area contributed by atoms with Gasteiger partial charge in [0.1, 0.15) is 6.54 Å². The average Bonchev–Trinajstić information content (AvgIpc) is 2.48. The molecular formula is C15H21F3N2. The molecule has 1 aliphatic heterocycles. The Morgan fingerprint density at radius 3 is 2.65 bits per heavy atom. The lowest BCUT2D eigenvalue weighted by Crippen LogP contribution is -2.42. The first-order chi connectivity index (χ1) is 9.35. The Balaban J connectivity index is 2.23. The van der Waals surface area contributed by atoms with Gasteiger partial charge in [-0.1, -0.05) is 32.0 Å². The first-order valence-corrected chi connectivity index (χ1v) is 6.98. The summed E-state index contributed by atoms with van der Waals surface area (Å²) in [5, 5.41) is 3.38. The fourth-order valence-electron chi connectivity index (χ4n) is 2.75. The van der Waals surface area contributed by atoms with E-state index in [0.717, 1.165) is 12.0 Å². The molecule has 1 unspecified atom stereocenters. The summed E-state index contributed by atoms with van der Waals surface area (Å²) in [5.41, 5.74) is 1.63. The molecule has 0 radical (unpaired) electrons. The van der Waals surface area contributed by atoms with Crippen LogP contribution in [0.1, 0.15) is 25.8 Å². The summed E-state index contributed by atoms with van der Waals surface area (Å²) in [7, 11) is 0. The van der Waals surface area contributed by atoms with Crippen molar-refractivity contribution in [2.45, 2.75) is 39.0 Å². The van der Waals surface area contributed by atoms with E-state index in [4.69, 9.17) is 0 Å². The number of hydrogen-bond donors (Lipinski definition) is 1. The maximum Gasteiger partial charge on any atom is 0.405 e. The highest BCUT2D eigenvalue weighted by molar-refractivity contribution is 5.54. The lowest BCUT2D eigenvalue weighted by atomic mass is 10.0. The van der Waals surface area contributed by atoms with Crippen LogP contribution in [0.15, 0.2) is 24.3 Å². The van der Waals surface area contributed by atoms with Crippen LogP contribution in [0.3, 0.4) is 0 Å². The third kappa shape index (κ3) is 4.13. The topological polar surface area (TPSA) is 15.3 Å². The number of alkyl halides is 3. The number of halogens is 3. The molecule has 2 nitrogen and oxygen atoms in total. The van der Waals surface area contributed by atoms with Crippen LogP contribution in [0, 0.1) is 5.92 Å². The molecule has 20 heavy (non-hydrogen) atoms. The molecule has 112 valence electrons. The molecule has 2 rings (SSSR count). The summed E-state index contributed by atoms with van der Waals surface area (Å²) >= 11 is 0. The van der Waals surface area contributed by atoms with Crippen molar-refractivity contribution < 1.29 is 13.2 Å². The second-order valence-corrected chi connectivity index (χ2v) is 5.83. The van der Waals surface area contributed by atoms with E-state index < -0.39 is 12.7 Å². The van der Waals surface area contributed by atoms with Crippen molar-refractivity contribution in [3.05, 3.63) is 29.8 Å². The molecule has 1 atom stereocenters. The normalized spacial score (nSPS) is 19.9. The molecule has 0 spiro atoms. The molecule has 0 aromatic heterocycles. The van der Waals surface area contributed by atoms with E-state index in [-0.39, 0.29) is 6.04 Å². The van der Waals surface area contributed by atoms with Crippen LogP contribution >= 0.6 is 0 Å². The molecule has 0 amide bonds. The van der Waals surface area contributed by atoms with Gasteiger partial charge in [0.2, 0.25) is 0 Å². The van der Waals surface area contributed by atoms with Crippen molar-refractivity contribution in [2.24, 2.45) is 5.92 Å². The number of rotatable bonds is 3. The molecule has 0 saturated carbocycles. The average molecular weight is 286 g/mol. The van der Waals surface area contributed by atoms with Gasteiger partial charge in [0.15, 0.2) is 0 Å². The van der Waals surface area contributed by atoms with Crippen molar-refractivity contribution in [3.8, 4) is 0 Å². The second kappa shape index (κ2) is 6.04. The summed E-state index contributed by atoms with van der Waals surface area (Å²) in [6, 6.07) is 7.43. The quantitative estimate of drug-likeness (QED) is 0.913. The Bertz CT molecular complexity index is 443. The minimum atomic E-state index is -4.18. The van der Waals surface area contributed by atoms with Gasteiger partial charge in [-0.05, 0) is 24.0 Å². The fourth-order valence-corrected chi connectivity index (χ4v) is 2.75. The number of para-hydroxylation sites is 1. The molecule has 1 aromatic carbocycles. The van der Waals surface area contributed by atoms with E-state index in [1.54, 1.807) is 12.1 Å². The van der Waals surface area contributed by atoms with Crippen LogP contribution in [0.5, 0.6) is 0 Å². The van der Waals surface area contributed by atoms with Crippen molar-refractivity contribution in [2.75, 3.05) is 18.0 Å². The number of fused-ring (bicyclic) bond motifs is 1.